The summed E-state index contributed by atoms with van der Waals surface area (Å²) in [5.74, 6) is -1.47. The number of carboxylic acids is 1. The number of rotatable bonds is 5. The van der Waals surface area contributed by atoms with Gasteiger partial charge in [-0.05, 0) is 18.6 Å². The quantitative estimate of drug-likeness (QED) is 0.521. The molecule has 0 saturated carbocycles. The van der Waals surface area contributed by atoms with E-state index in [1.807, 2.05) is 13.0 Å². The van der Waals surface area contributed by atoms with E-state index in [-0.39, 0.29) is 5.57 Å². The fourth-order valence-corrected chi connectivity index (χ4v) is 1.10. The lowest BCUT2D eigenvalue weighted by atomic mass is 10.3. The monoisotopic (exact) mass is 260 g/mol. The van der Waals surface area contributed by atoms with Gasteiger partial charge in [0, 0.05) is 12.4 Å². The number of aliphatic carboxylic acids is 1. The first-order valence-electron chi connectivity index (χ1n) is 5.32. The van der Waals surface area contributed by atoms with Crippen molar-refractivity contribution in [2.45, 2.75) is 6.92 Å². The average molecular weight is 260 g/mol. The molecule has 0 saturated heterocycles. The SMILES string of the molecule is Cc1ccc(N/C=C(/C#N)C(=O)NCC(=O)O)nc1. The lowest BCUT2D eigenvalue weighted by Crippen LogP contribution is -2.30. The minimum absolute atomic E-state index is 0.233. The summed E-state index contributed by atoms with van der Waals surface area (Å²) in [5, 5.41) is 22.0. The highest BCUT2D eigenvalue weighted by atomic mass is 16.4. The molecule has 1 aromatic heterocycles. The Morgan fingerprint density at radius 3 is 2.79 bits per heavy atom. The van der Waals surface area contributed by atoms with Crippen molar-refractivity contribution in [2.75, 3.05) is 11.9 Å². The highest BCUT2D eigenvalue weighted by molar-refractivity contribution is 5.98. The maximum absolute atomic E-state index is 11.4. The van der Waals surface area contributed by atoms with E-state index >= 15 is 0 Å². The number of carbonyl (C=O) groups excluding carboxylic acids is 1. The molecule has 0 aliphatic rings. The first-order chi connectivity index (χ1) is 9.02. The number of hydrogen-bond donors (Lipinski definition) is 3. The van der Waals surface area contributed by atoms with Gasteiger partial charge in [-0.25, -0.2) is 4.98 Å². The van der Waals surface area contributed by atoms with Crippen molar-refractivity contribution in [1.82, 2.24) is 10.3 Å². The zero-order valence-corrected chi connectivity index (χ0v) is 10.2. The molecule has 7 heteroatoms. The van der Waals surface area contributed by atoms with Crippen LogP contribution in [0.3, 0.4) is 0 Å². The molecule has 0 aliphatic heterocycles. The van der Waals surface area contributed by atoms with Crippen molar-refractivity contribution in [3.8, 4) is 6.07 Å². The van der Waals surface area contributed by atoms with Gasteiger partial charge in [0.05, 0.1) is 0 Å². The summed E-state index contributed by atoms with van der Waals surface area (Å²) < 4.78 is 0. The zero-order valence-electron chi connectivity index (χ0n) is 10.2. The predicted octanol–water partition coefficient (Wildman–Crippen LogP) is 0.410. The van der Waals surface area contributed by atoms with Gasteiger partial charge >= 0.3 is 5.97 Å². The number of nitrogens with zero attached hydrogens (tertiary/aromatic N) is 2. The number of carboxylic acid groups (broad SMARTS) is 1. The largest absolute Gasteiger partial charge is 0.480 e. The lowest BCUT2D eigenvalue weighted by molar-refractivity contribution is -0.137. The molecule has 0 atom stereocenters. The van der Waals surface area contributed by atoms with Crippen LogP contribution < -0.4 is 10.6 Å². The van der Waals surface area contributed by atoms with Crippen molar-refractivity contribution in [1.29, 1.82) is 5.26 Å². The van der Waals surface area contributed by atoms with E-state index in [0.29, 0.717) is 5.82 Å². The van der Waals surface area contributed by atoms with Gasteiger partial charge in [0.15, 0.2) is 0 Å². The summed E-state index contributed by atoms with van der Waals surface area (Å²) in [7, 11) is 0. The Bertz CT molecular complexity index is 543. The van der Waals surface area contributed by atoms with Gasteiger partial charge in [0.25, 0.3) is 5.91 Å². The molecule has 0 spiro atoms. The van der Waals surface area contributed by atoms with Gasteiger partial charge in [-0.15, -0.1) is 0 Å². The van der Waals surface area contributed by atoms with Gasteiger partial charge in [-0.2, -0.15) is 5.26 Å². The molecular formula is C12H12N4O3. The molecule has 0 aromatic carbocycles. The fourth-order valence-electron chi connectivity index (χ4n) is 1.10. The number of carbonyl (C=O) groups is 2. The number of nitrogens with one attached hydrogen (secondary N) is 2. The third-order valence-electron chi connectivity index (χ3n) is 2.04. The zero-order chi connectivity index (χ0) is 14.3. The number of hydrogen-bond acceptors (Lipinski definition) is 5. The normalized spacial score (nSPS) is 10.4. The summed E-state index contributed by atoms with van der Waals surface area (Å²) in [6.07, 6.45) is 2.81. The van der Waals surface area contributed by atoms with Crippen molar-refractivity contribution >= 4 is 17.7 Å². The Morgan fingerprint density at radius 1 is 1.53 bits per heavy atom. The van der Waals surface area contributed by atoms with Gasteiger partial charge in [0.1, 0.15) is 24.0 Å². The van der Waals surface area contributed by atoms with E-state index in [4.69, 9.17) is 10.4 Å². The van der Waals surface area contributed by atoms with E-state index < -0.39 is 18.4 Å². The van der Waals surface area contributed by atoms with Crippen LogP contribution in [0.5, 0.6) is 0 Å². The van der Waals surface area contributed by atoms with Crippen molar-refractivity contribution in [3.63, 3.8) is 0 Å². The number of pyridine rings is 1. The number of amides is 1. The maximum Gasteiger partial charge on any atom is 0.322 e. The smallest absolute Gasteiger partial charge is 0.322 e. The molecule has 1 aromatic rings. The fraction of sp³-hybridized carbons (Fsp3) is 0.167. The second-order valence-electron chi connectivity index (χ2n) is 3.61. The molecule has 1 heterocycles. The summed E-state index contributed by atoms with van der Waals surface area (Å²) in [6.45, 7) is 1.34. The number of aryl methyl sites for hydroxylation is 1. The van der Waals surface area contributed by atoms with Crippen LogP contribution in [0.2, 0.25) is 0 Å². The second-order valence-corrected chi connectivity index (χ2v) is 3.61. The van der Waals surface area contributed by atoms with Crippen LogP contribution in [0.1, 0.15) is 5.56 Å². The van der Waals surface area contributed by atoms with Crippen LogP contribution >= 0.6 is 0 Å². The molecule has 3 N–H and O–H groups in total. The molecule has 0 bridgehead atoms. The average Bonchev–Trinajstić information content (AvgIpc) is 2.39. The maximum atomic E-state index is 11.4. The summed E-state index contributed by atoms with van der Waals surface area (Å²) in [4.78, 5) is 25.7. The molecule has 0 aliphatic carbocycles. The Hall–Kier alpha value is -2.88. The third kappa shape index (κ3) is 4.87. The van der Waals surface area contributed by atoms with E-state index in [0.717, 1.165) is 5.56 Å². The van der Waals surface area contributed by atoms with E-state index in [9.17, 15) is 9.59 Å². The summed E-state index contributed by atoms with van der Waals surface area (Å²) >= 11 is 0. The standard InChI is InChI=1S/C12H12N4O3/c1-8-2-3-10(14-5-8)15-6-9(4-13)12(19)16-7-11(17)18/h2-3,5-6H,7H2,1H3,(H,14,15)(H,16,19)(H,17,18)/b9-6-. The molecule has 1 amide bonds. The number of aromatic nitrogens is 1. The molecule has 1 rings (SSSR count). The van der Waals surface area contributed by atoms with Crippen LogP contribution in [0.4, 0.5) is 5.82 Å². The molecule has 98 valence electrons. The Labute approximate surface area is 109 Å². The Morgan fingerprint density at radius 2 is 2.26 bits per heavy atom. The van der Waals surface area contributed by atoms with Gasteiger partial charge in [-0.3, -0.25) is 9.59 Å². The molecule has 7 nitrogen and oxygen atoms in total. The van der Waals surface area contributed by atoms with E-state index in [1.165, 1.54) is 6.20 Å². The topological polar surface area (TPSA) is 115 Å². The number of anilines is 1. The lowest BCUT2D eigenvalue weighted by Gasteiger charge is -2.02. The third-order valence-corrected chi connectivity index (χ3v) is 2.04. The van der Waals surface area contributed by atoms with E-state index in [1.54, 1.807) is 18.3 Å². The van der Waals surface area contributed by atoms with Gasteiger partial charge in [-0.1, -0.05) is 6.07 Å². The first-order valence-corrected chi connectivity index (χ1v) is 5.32. The molecule has 0 radical (unpaired) electrons. The van der Waals surface area contributed by atoms with Crippen molar-refractivity contribution < 1.29 is 14.7 Å². The van der Waals surface area contributed by atoms with Crippen LogP contribution in [0, 0.1) is 18.3 Å². The Kier molecular flexibility index (Phi) is 5.04. The summed E-state index contributed by atoms with van der Waals surface area (Å²) in [6, 6.07) is 5.18. The molecule has 0 unspecified atom stereocenters. The van der Waals surface area contributed by atoms with Crippen molar-refractivity contribution in [3.05, 3.63) is 35.7 Å². The first kappa shape index (κ1) is 14.2. The molecule has 19 heavy (non-hydrogen) atoms. The van der Waals surface area contributed by atoms with Crippen LogP contribution in [-0.4, -0.2) is 28.5 Å². The van der Waals surface area contributed by atoms with Crippen LogP contribution in [0.25, 0.3) is 0 Å². The predicted molar refractivity (Wildman–Crippen MR) is 66.9 cm³/mol. The molecule has 0 fully saturated rings. The summed E-state index contributed by atoms with van der Waals surface area (Å²) in [5.41, 5.74) is 0.748. The Balaban J connectivity index is 2.66. The highest BCUT2D eigenvalue weighted by Crippen LogP contribution is 2.04. The second kappa shape index (κ2) is 6.76. The highest BCUT2D eigenvalue weighted by Gasteiger charge is 2.09. The van der Waals surface area contributed by atoms with Gasteiger partial charge in [0.2, 0.25) is 0 Å². The van der Waals surface area contributed by atoms with Crippen LogP contribution in [-0.2, 0) is 9.59 Å². The number of nitriles is 1. The minimum Gasteiger partial charge on any atom is -0.480 e. The van der Waals surface area contributed by atoms with Gasteiger partial charge < -0.3 is 15.7 Å². The molecular weight excluding hydrogens is 248 g/mol. The van der Waals surface area contributed by atoms with E-state index in [2.05, 4.69) is 15.6 Å². The van der Waals surface area contributed by atoms with Crippen molar-refractivity contribution in [2.24, 2.45) is 0 Å². The van der Waals surface area contributed by atoms with Crippen LogP contribution in [0.15, 0.2) is 30.1 Å². The minimum atomic E-state index is -1.18.